The second-order valence-electron chi connectivity index (χ2n) is 3.15. The zero-order chi connectivity index (χ0) is 9.19. The van der Waals surface area contributed by atoms with Crippen LogP contribution in [0.3, 0.4) is 0 Å². The van der Waals surface area contributed by atoms with E-state index < -0.39 is 5.54 Å². The van der Waals surface area contributed by atoms with Crippen LogP contribution in [0.4, 0.5) is 0 Å². The average molecular weight is 173 g/mol. The van der Waals surface area contributed by atoms with Gasteiger partial charge >= 0.3 is 5.97 Å². The Morgan fingerprint density at radius 1 is 1.75 bits per heavy atom. The topological polar surface area (TPSA) is 47.6 Å². The summed E-state index contributed by atoms with van der Waals surface area (Å²) in [5.41, 5.74) is -0.617. The molecule has 0 aliphatic carbocycles. The van der Waals surface area contributed by atoms with Crippen molar-refractivity contribution in [2.24, 2.45) is 0 Å². The van der Waals surface area contributed by atoms with Crippen molar-refractivity contribution in [3.8, 4) is 0 Å². The number of likely N-dealkylation sites (N-methyl/N-ethyl adjacent to an activating group) is 1. The summed E-state index contributed by atoms with van der Waals surface area (Å²) in [7, 11) is 3.14. The molecule has 0 aromatic carbocycles. The van der Waals surface area contributed by atoms with E-state index in [9.17, 15) is 4.79 Å². The number of ether oxygens (including phenoxy) is 2. The normalized spacial score (nSPS) is 35.1. The molecule has 0 amide bonds. The Bertz CT molecular complexity index is 183. The number of carbonyl (C=O) groups is 1. The first-order valence-corrected chi connectivity index (χ1v) is 4.03. The highest BCUT2D eigenvalue weighted by molar-refractivity contribution is 5.81. The number of hydrogen-bond acceptors (Lipinski definition) is 4. The smallest absolute Gasteiger partial charge is 0.328 e. The molecule has 1 aliphatic rings. The summed E-state index contributed by atoms with van der Waals surface area (Å²) in [6, 6.07) is 0. The molecule has 1 heterocycles. The minimum Gasteiger partial charge on any atom is -0.468 e. The lowest BCUT2D eigenvalue weighted by atomic mass is 9.97. The van der Waals surface area contributed by atoms with E-state index in [4.69, 9.17) is 9.47 Å². The number of nitrogens with one attached hydrogen (secondary N) is 1. The fourth-order valence-electron chi connectivity index (χ4n) is 1.51. The van der Waals surface area contributed by atoms with Crippen LogP contribution in [0.5, 0.6) is 0 Å². The quantitative estimate of drug-likeness (QED) is 0.594. The predicted octanol–water partition coefficient (Wildman–Crippen LogP) is -0.0736. The number of rotatable bonds is 2. The van der Waals surface area contributed by atoms with E-state index in [-0.39, 0.29) is 12.1 Å². The number of methoxy groups -OCH3 is 1. The van der Waals surface area contributed by atoms with Gasteiger partial charge in [-0.2, -0.15) is 0 Å². The highest BCUT2D eigenvalue weighted by Gasteiger charge is 2.44. The number of esters is 1. The molecule has 1 rings (SSSR count). The maximum absolute atomic E-state index is 11.3. The van der Waals surface area contributed by atoms with E-state index >= 15 is 0 Å². The first kappa shape index (κ1) is 9.48. The molecule has 0 bridgehead atoms. The van der Waals surface area contributed by atoms with Crippen molar-refractivity contribution in [2.45, 2.75) is 25.0 Å². The van der Waals surface area contributed by atoms with Crippen LogP contribution in [0, 0.1) is 0 Å². The molecule has 1 aliphatic heterocycles. The van der Waals surface area contributed by atoms with Crippen molar-refractivity contribution in [2.75, 3.05) is 20.8 Å². The van der Waals surface area contributed by atoms with Gasteiger partial charge in [0.25, 0.3) is 0 Å². The van der Waals surface area contributed by atoms with E-state index in [2.05, 4.69) is 5.32 Å². The molecule has 0 aromatic rings. The second-order valence-corrected chi connectivity index (χ2v) is 3.15. The van der Waals surface area contributed by atoms with Crippen LogP contribution in [0.2, 0.25) is 0 Å². The Kier molecular flexibility index (Phi) is 2.69. The Labute approximate surface area is 72.2 Å². The minimum absolute atomic E-state index is 0.122. The van der Waals surface area contributed by atoms with Crippen LogP contribution in [-0.2, 0) is 14.3 Å². The third kappa shape index (κ3) is 1.44. The Morgan fingerprint density at radius 3 is 2.75 bits per heavy atom. The van der Waals surface area contributed by atoms with Crippen LogP contribution in [0.25, 0.3) is 0 Å². The van der Waals surface area contributed by atoms with Crippen molar-refractivity contribution >= 4 is 5.97 Å². The molecular formula is C8H15NO3. The van der Waals surface area contributed by atoms with Crippen molar-refractivity contribution in [1.82, 2.24) is 5.32 Å². The van der Waals surface area contributed by atoms with Gasteiger partial charge in [-0.15, -0.1) is 0 Å². The second kappa shape index (κ2) is 3.41. The van der Waals surface area contributed by atoms with Crippen LogP contribution in [0.15, 0.2) is 0 Å². The zero-order valence-electron chi connectivity index (χ0n) is 7.72. The standard InChI is InChI=1S/C8H15NO3/c1-6-4-8(9-2,5-12-6)7(10)11-3/h6,9H,4-5H2,1-3H3. The lowest BCUT2D eigenvalue weighted by molar-refractivity contribution is -0.148. The van der Waals surface area contributed by atoms with Crippen LogP contribution >= 0.6 is 0 Å². The van der Waals surface area contributed by atoms with Gasteiger partial charge in [0.05, 0.1) is 19.8 Å². The molecule has 1 saturated heterocycles. The molecule has 1 N–H and O–H groups in total. The monoisotopic (exact) mass is 173 g/mol. The fourth-order valence-corrected chi connectivity index (χ4v) is 1.51. The third-order valence-electron chi connectivity index (χ3n) is 2.30. The summed E-state index contributed by atoms with van der Waals surface area (Å²) >= 11 is 0. The lowest BCUT2D eigenvalue weighted by Crippen LogP contribution is -2.51. The summed E-state index contributed by atoms with van der Waals surface area (Å²) in [4.78, 5) is 11.3. The molecule has 1 fully saturated rings. The van der Waals surface area contributed by atoms with E-state index in [1.165, 1.54) is 7.11 Å². The summed E-state index contributed by atoms with van der Waals surface area (Å²) in [5, 5.41) is 2.96. The van der Waals surface area contributed by atoms with Gasteiger partial charge < -0.3 is 14.8 Å². The fraction of sp³-hybridized carbons (Fsp3) is 0.875. The predicted molar refractivity (Wildman–Crippen MR) is 43.8 cm³/mol. The van der Waals surface area contributed by atoms with E-state index in [0.717, 1.165) is 0 Å². The highest BCUT2D eigenvalue weighted by Crippen LogP contribution is 2.24. The van der Waals surface area contributed by atoms with Crippen molar-refractivity contribution in [3.05, 3.63) is 0 Å². The van der Waals surface area contributed by atoms with Gasteiger partial charge in [0.1, 0.15) is 5.54 Å². The molecule has 70 valence electrons. The maximum Gasteiger partial charge on any atom is 0.328 e. The van der Waals surface area contributed by atoms with Crippen molar-refractivity contribution < 1.29 is 14.3 Å². The first-order valence-electron chi connectivity index (χ1n) is 4.03. The summed E-state index contributed by atoms with van der Waals surface area (Å²) < 4.78 is 10.0. The molecule has 0 spiro atoms. The molecule has 12 heavy (non-hydrogen) atoms. The van der Waals surface area contributed by atoms with Gasteiger partial charge in [0.2, 0.25) is 0 Å². The van der Waals surface area contributed by atoms with Gasteiger partial charge in [0, 0.05) is 6.42 Å². The van der Waals surface area contributed by atoms with E-state index in [0.29, 0.717) is 13.0 Å². The third-order valence-corrected chi connectivity index (χ3v) is 2.30. The molecule has 0 saturated carbocycles. The van der Waals surface area contributed by atoms with Gasteiger partial charge in [-0.1, -0.05) is 0 Å². The summed E-state index contributed by atoms with van der Waals surface area (Å²) in [6.07, 6.45) is 0.799. The molecule has 2 atom stereocenters. The largest absolute Gasteiger partial charge is 0.468 e. The zero-order valence-corrected chi connectivity index (χ0v) is 7.72. The molecule has 0 radical (unpaired) electrons. The minimum atomic E-state index is -0.617. The van der Waals surface area contributed by atoms with Crippen molar-refractivity contribution in [1.29, 1.82) is 0 Å². The average Bonchev–Trinajstić information content (AvgIpc) is 2.47. The van der Waals surface area contributed by atoms with E-state index in [1.54, 1.807) is 7.05 Å². The Hall–Kier alpha value is -0.610. The Balaban J connectivity index is 2.70. The van der Waals surface area contributed by atoms with Gasteiger partial charge in [0.15, 0.2) is 0 Å². The first-order chi connectivity index (χ1) is 5.64. The van der Waals surface area contributed by atoms with Crippen LogP contribution < -0.4 is 5.32 Å². The van der Waals surface area contributed by atoms with Crippen LogP contribution in [0.1, 0.15) is 13.3 Å². The number of hydrogen-bond donors (Lipinski definition) is 1. The summed E-state index contributed by atoms with van der Waals surface area (Å²) in [5.74, 6) is -0.241. The van der Waals surface area contributed by atoms with Gasteiger partial charge in [-0.25, -0.2) is 4.79 Å². The summed E-state index contributed by atoms with van der Waals surface area (Å²) in [6.45, 7) is 2.35. The Morgan fingerprint density at radius 2 is 2.42 bits per heavy atom. The molecular weight excluding hydrogens is 158 g/mol. The van der Waals surface area contributed by atoms with Crippen molar-refractivity contribution in [3.63, 3.8) is 0 Å². The van der Waals surface area contributed by atoms with E-state index in [1.807, 2.05) is 6.92 Å². The van der Waals surface area contributed by atoms with Gasteiger partial charge in [-0.3, -0.25) is 0 Å². The molecule has 4 nitrogen and oxygen atoms in total. The number of carbonyl (C=O) groups excluding carboxylic acids is 1. The van der Waals surface area contributed by atoms with Crippen LogP contribution in [-0.4, -0.2) is 38.4 Å². The molecule has 2 unspecified atom stereocenters. The molecule has 0 aromatic heterocycles. The highest BCUT2D eigenvalue weighted by atomic mass is 16.5. The lowest BCUT2D eigenvalue weighted by Gasteiger charge is -2.23. The SMILES string of the molecule is CNC1(C(=O)OC)COC(C)C1. The molecule has 4 heteroatoms. The van der Waals surface area contributed by atoms with Gasteiger partial charge in [-0.05, 0) is 14.0 Å². The maximum atomic E-state index is 11.3.